The van der Waals surface area contributed by atoms with Crippen molar-refractivity contribution in [1.29, 1.82) is 0 Å². The van der Waals surface area contributed by atoms with Gasteiger partial charge in [0.1, 0.15) is 12.4 Å². The molecule has 7 heteroatoms. The normalized spacial score (nSPS) is 11.7. The maximum absolute atomic E-state index is 11.7. The molecule has 0 saturated carbocycles. The third-order valence-corrected chi connectivity index (χ3v) is 3.28. The fourth-order valence-corrected chi connectivity index (χ4v) is 1.98. The van der Waals surface area contributed by atoms with Crippen molar-refractivity contribution in [2.75, 3.05) is 0 Å². The van der Waals surface area contributed by atoms with Gasteiger partial charge in [0.15, 0.2) is 6.10 Å². The molecule has 1 aromatic carbocycles. The van der Waals surface area contributed by atoms with Gasteiger partial charge in [-0.2, -0.15) is 0 Å². The molecular formula is C14H14N2O4S. The average Bonchev–Trinajstić information content (AvgIpc) is 2.98. The molecule has 0 fully saturated rings. The third-order valence-electron chi connectivity index (χ3n) is 2.64. The number of rotatable bonds is 6. The molecular weight excluding hydrogens is 292 g/mol. The fourth-order valence-electron chi connectivity index (χ4n) is 1.44. The van der Waals surface area contributed by atoms with E-state index in [4.69, 9.17) is 15.2 Å². The van der Waals surface area contributed by atoms with E-state index in [1.807, 2.05) is 5.38 Å². The standard InChI is InChI=1S/C14H14N2O4S/c1-9(13(15)17)20-14(18)10-2-4-12(5-3-10)19-6-11-7-21-8-16-11/h2-5,7-9H,6H2,1H3,(H2,15,17)/t9-/m1/s1. The molecule has 0 aliphatic rings. The zero-order valence-corrected chi connectivity index (χ0v) is 12.1. The Balaban J connectivity index is 1.92. The van der Waals surface area contributed by atoms with Crippen molar-refractivity contribution >= 4 is 23.2 Å². The van der Waals surface area contributed by atoms with Crippen LogP contribution in [0, 0.1) is 0 Å². The molecule has 2 N–H and O–H groups in total. The SMILES string of the molecule is C[C@@H](OC(=O)c1ccc(OCc2cscn2)cc1)C(N)=O. The van der Waals surface area contributed by atoms with Crippen LogP contribution in [0.2, 0.25) is 0 Å². The third kappa shape index (κ3) is 4.28. The highest BCUT2D eigenvalue weighted by atomic mass is 32.1. The van der Waals surface area contributed by atoms with Crippen molar-refractivity contribution in [2.45, 2.75) is 19.6 Å². The predicted molar refractivity (Wildman–Crippen MR) is 77.0 cm³/mol. The molecule has 1 amide bonds. The number of ether oxygens (including phenoxy) is 2. The van der Waals surface area contributed by atoms with Crippen molar-refractivity contribution in [3.63, 3.8) is 0 Å². The summed E-state index contributed by atoms with van der Waals surface area (Å²) in [6.45, 7) is 1.79. The number of nitrogens with zero attached hydrogens (tertiary/aromatic N) is 1. The fraction of sp³-hybridized carbons (Fsp3) is 0.214. The van der Waals surface area contributed by atoms with E-state index in [0.29, 0.717) is 17.9 Å². The van der Waals surface area contributed by atoms with E-state index in [1.54, 1.807) is 29.8 Å². The summed E-state index contributed by atoms with van der Waals surface area (Å²) in [7, 11) is 0. The quantitative estimate of drug-likeness (QED) is 0.821. The monoisotopic (exact) mass is 306 g/mol. The van der Waals surface area contributed by atoms with Crippen LogP contribution in [0.25, 0.3) is 0 Å². The van der Waals surface area contributed by atoms with Crippen LogP contribution in [0.4, 0.5) is 0 Å². The van der Waals surface area contributed by atoms with Crippen LogP contribution in [-0.4, -0.2) is 23.0 Å². The number of amides is 1. The van der Waals surface area contributed by atoms with E-state index in [9.17, 15) is 9.59 Å². The minimum Gasteiger partial charge on any atom is -0.487 e. The van der Waals surface area contributed by atoms with E-state index < -0.39 is 18.0 Å². The predicted octanol–water partition coefficient (Wildman–Crippen LogP) is 1.75. The van der Waals surface area contributed by atoms with Gasteiger partial charge in [-0.15, -0.1) is 11.3 Å². The summed E-state index contributed by atoms with van der Waals surface area (Å²) in [5.74, 6) is -0.679. The molecule has 0 bridgehead atoms. The average molecular weight is 306 g/mol. The lowest BCUT2D eigenvalue weighted by molar-refractivity contribution is -0.125. The Bertz CT molecular complexity index is 610. The summed E-state index contributed by atoms with van der Waals surface area (Å²) >= 11 is 1.50. The van der Waals surface area contributed by atoms with Crippen LogP contribution >= 0.6 is 11.3 Å². The van der Waals surface area contributed by atoms with Gasteiger partial charge < -0.3 is 15.2 Å². The van der Waals surface area contributed by atoms with Crippen LogP contribution in [-0.2, 0) is 16.1 Å². The number of esters is 1. The minimum absolute atomic E-state index is 0.323. The Morgan fingerprint density at radius 3 is 2.62 bits per heavy atom. The first kappa shape index (κ1) is 15.0. The maximum Gasteiger partial charge on any atom is 0.338 e. The molecule has 1 atom stereocenters. The van der Waals surface area contributed by atoms with Gasteiger partial charge in [-0.05, 0) is 31.2 Å². The second-order valence-corrected chi connectivity index (χ2v) is 4.96. The number of hydrogen-bond donors (Lipinski definition) is 1. The second-order valence-electron chi connectivity index (χ2n) is 4.24. The number of thiazole rings is 1. The zero-order valence-electron chi connectivity index (χ0n) is 11.3. The van der Waals surface area contributed by atoms with Gasteiger partial charge in [0.2, 0.25) is 0 Å². The summed E-state index contributed by atoms with van der Waals surface area (Å²) in [6.07, 6.45) is -0.960. The van der Waals surface area contributed by atoms with Gasteiger partial charge >= 0.3 is 5.97 Å². The Labute approximate surface area is 125 Å². The highest BCUT2D eigenvalue weighted by Crippen LogP contribution is 2.15. The zero-order chi connectivity index (χ0) is 15.2. The molecule has 6 nitrogen and oxygen atoms in total. The first-order chi connectivity index (χ1) is 10.1. The lowest BCUT2D eigenvalue weighted by Crippen LogP contribution is -2.30. The summed E-state index contributed by atoms with van der Waals surface area (Å²) in [4.78, 5) is 26.7. The summed E-state index contributed by atoms with van der Waals surface area (Å²) in [6, 6.07) is 6.43. The van der Waals surface area contributed by atoms with Gasteiger partial charge in [0, 0.05) is 5.38 Å². The van der Waals surface area contributed by atoms with Gasteiger partial charge in [0.05, 0.1) is 16.8 Å². The van der Waals surface area contributed by atoms with E-state index in [0.717, 1.165) is 5.69 Å². The molecule has 0 radical (unpaired) electrons. The Kier molecular flexibility index (Phi) is 4.89. The number of carbonyl (C=O) groups is 2. The van der Waals surface area contributed by atoms with Crippen LogP contribution in [0.5, 0.6) is 5.75 Å². The largest absolute Gasteiger partial charge is 0.487 e. The lowest BCUT2D eigenvalue weighted by atomic mass is 10.2. The molecule has 110 valence electrons. The summed E-state index contributed by atoms with van der Waals surface area (Å²) in [5.41, 5.74) is 7.93. The Morgan fingerprint density at radius 1 is 1.33 bits per heavy atom. The molecule has 1 heterocycles. The summed E-state index contributed by atoms with van der Waals surface area (Å²) < 4.78 is 10.4. The number of carbonyl (C=O) groups excluding carboxylic acids is 2. The van der Waals surface area contributed by atoms with Crippen molar-refractivity contribution in [2.24, 2.45) is 5.73 Å². The van der Waals surface area contributed by atoms with Gasteiger partial charge in [-0.3, -0.25) is 4.79 Å². The lowest BCUT2D eigenvalue weighted by Gasteiger charge is -2.10. The number of hydrogen-bond acceptors (Lipinski definition) is 6. The van der Waals surface area contributed by atoms with Crippen LogP contribution < -0.4 is 10.5 Å². The van der Waals surface area contributed by atoms with Crippen LogP contribution in [0.3, 0.4) is 0 Å². The first-order valence-corrected chi connectivity index (χ1v) is 7.11. The van der Waals surface area contributed by atoms with Crippen LogP contribution in [0.1, 0.15) is 23.0 Å². The van der Waals surface area contributed by atoms with E-state index >= 15 is 0 Å². The van der Waals surface area contributed by atoms with Crippen molar-refractivity contribution in [3.8, 4) is 5.75 Å². The molecule has 0 unspecified atom stereocenters. The number of nitrogens with two attached hydrogens (primary N) is 1. The second kappa shape index (κ2) is 6.85. The van der Waals surface area contributed by atoms with Crippen molar-refractivity contribution in [3.05, 3.63) is 46.4 Å². The molecule has 0 spiro atoms. The summed E-state index contributed by atoms with van der Waals surface area (Å²) in [5, 5.41) is 1.90. The topological polar surface area (TPSA) is 91.5 Å². The highest BCUT2D eigenvalue weighted by Gasteiger charge is 2.16. The minimum atomic E-state index is -0.960. The molecule has 2 rings (SSSR count). The number of benzene rings is 1. The van der Waals surface area contributed by atoms with Gasteiger partial charge in [-0.25, -0.2) is 9.78 Å². The Morgan fingerprint density at radius 2 is 2.05 bits per heavy atom. The number of aromatic nitrogens is 1. The molecule has 0 aliphatic heterocycles. The van der Waals surface area contributed by atoms with Crippen molar-refractivity contribution in [1.82, 2.24) is 4.98 Å². The van der Waals surface area contributed by atoms with E-state index in [-0.39, 0.29) is 0 Å². The molecule has 0 aliphatic carbocycles. The van der Waals surface area contributed by atoms with E-state index in [1.165, 1.54) is 18.3 Å². The van der Waals surface area contributed by atoms with Gasteiger partial charge in [-0.1, -0.05) is 0 Å². The number of primary amides is 1. The smallest absolute Gasteiger partial charge is 0.338 e. The van der Waals surface area contributed by atoms with Crippen LogP contribution in [0.15, 0.2) is 35.2 Å². The first-order valence-electron chi connectivity index (χ1n) is 6.16. The van der Waals surface area contributed by atoms with Gasteiger partial charge in [0.25, 0.3) is 5.91 Å². The van der Waals surface area contributed by atoms with E-state index in [2.05, 4.69) is 4.98 Å². The van der Waals surface area contributed by atoms with Crippen molar-refractivity contribution < 1.29 is 19.1 Å². The maximum atomic E-state index is 11.7. The molecule has 21 heavy (non-hydrogen) atoms. The molecule has 0 saturated heterocycles. The Hall–Kier alpha value is -2.41. The molecule has 2 aromatic rings. The highest BCUT2D eigenvalue weighted by molar-refractivity contribution is 7.07. The molecule has 1 aromatic heterocycles.